The van der Waals surface area contributed by atoms with E-state index in [1.165, 1.54) is 0 Å². The van der Waals surface area contributed by atoms with Crippen molar-refractivity contribution in [3.05, 3.63) is 215 Å². The van der Waals surface area contributed by atoms with Gasteiger partial charge >= 0.3 is 0 Å². The van der Waals surface area contributed by atoms with Crippen LogP contribution in [0.25, 0.3) is 0 Å². The van der Waals surface area contributed by atoms with Crippen molar-refractivity contribution < 1.29 is 47.9 Å². The summed E-state index contributed by atoms with van der Waals surface area (Å²) in [4.78, 5) is 148. The van der Waals surface area contributed by atoms with E-state index in [0.717, 1.165) is 11.1 Å². The number of hydrogen-bond acceptors (Lipinski definition) is 14. The zero-order chi connectivity index (χ0) is 80.7. The predicted molar refractivity (Wildman–Crippen MR) is 438 cm³/mol. The summed E-state index contributed by atoms with van der Waals surface area (Å²) >= 11 is 0. The quantitative estimate of drug-likeness (QED) is 0.0156. The van der Waals surface area contributed by atoms with Gasteiger partial charge in [0.1, 0.15) is 24.2 Å². The summed E-state index contributed by atoms with van der Waals surface area (Å²) in [6, 6.07) is 50.6. The SMILES string of the molecule is CC[C@H](NC)C(=O)N[C@@H]1C(=O)N2[C@@H](CC[C@@H]1CCNCc1ccccc1)CC[C@H]2C(=O)NC(C(=O)NCCNC(=O)CCC#CC#CCCC(=O)NCCNC(=O)C(NC(=O)[C@@H]1CC[C@@H]2CC[C@H](CCNCc3ccccc3)[C@H](NC(=O)[C@H](CC)NC)C(=O)N21)(c1ccccc1)c1ccccc1)(c1ccccc1)c1ccccc1. The highest BCUT2D eigenvalue weighted by Crippen LogP contribution is 2.40. The molecule has 114 heavy (non-hydrogen) atoms. The van der Waals surface area contributed by atoms with Crippen molar-refractivity contribution in [1.29, 1.82) is 0 Å². The lowest BCUT2D eigenvalue weighted by Gasteiger charge is -2.38. The molecular formula is C90H112N14O10. The van der Waals surface area contributed by atoms with Crippen LogP contribution in [0.3, 0.4) is 0 Å². The molecule has 4 fully saturated rings. The van der Waals surface area contributed by atoms with Gasteiger partial charge in [-0.15, -0.1) is 0 Å². The Bertz CT molecular complexity index is 3950. The summed E-state index contributed by atoms with van der Waals surface area (Å²) in [5.41, 5.74) is 0.611. The molecule has 0 saturated carbocycles. The minimum absolute atomic E-state index is 0.00102. The lowest BCUT2D eigenvalue weighted by molar-refractivity contribution is -0.145. The van der Waals surface area contributed by atoms with Gasteiger partial charge < -0.3 is 73.6 Å². The van der Waals surface area contributed by atoms with Crippen molar-refractivity contribution >= 4 is 59.1 Å². The molecule has 0 radical (unpaired) electrons. The highest BCUT2D eigenvalue weighted by molar-refractivity contribution is 6.01. The van der Waals surface area contributed by atoms with E-state index in [0.29, 0.717) is 125 Å². The van der Waals surface area contributed by atoms with Gasteiger partial charge in [0.25, 0.3) is 11.8 Å². The molecule has 0 aromatic heterocycles. The van der Waals surface area contributed by atoms with Gasteiger partial charge in [-0.25, -0.2) is 0 Å². The van der Waals surface area contributed by atoms with Gasteiger partial charge in [0.15, 0.2) is 11.1 Å². The Morgan fingerprint density at radius 3 is 1.05 bits per heavy atom. The third-order valence-corrected chi connectivity index (χ3v) is 22.6. The number of nitrogens with one attached hydrogen (secondary N) is 12. The van der Waals surface area contributed by atoms with Crippen LogP contribution in [0.4, 0.5) is 0 Å². The highest BCUT2D eigenvalue weighted by Gasteiger charge is 2.53. The monoisotopic (exact) mass is 1550 g/mol. The van der Waals surface area contributed by atoms with Gasteiger partial charge in [0, 0.05) is 77.0 Å². The Morgan fingerprint density at radius 1 is 0.412 bits per heavy atom. The molecular weight excluding hydrogens is 1440 g/mol. The van der Waals surface area contributed by atoms with E-state index < -0.39 is 71.0 Å². The van der Waals surface area contributed by atoms with Crippen molar-refractivity contribution in [3.63, 3.8) is 0 Å². The molecule has 10 amide bonds. The third kappa shape index (κ3) is 22.0. The maximum absolute atomic E-state index is 15.2. The van der Waals surface area contributed by atoms with Crippen LogP contribution in [0.1, 0.15) is 150 Å². The van der Waals surface area contributed by atoms with Crippen molar-refractivity contribution in [1.82, 2.24) is 73.6 Å². The molecule has 4 aliphatic rings. The van der Waals surface area contributed by atoms with Crippen LogP contribution in [0, 0.1) is 35.5 Å². The van der Waals surface area contributed by atoms with Crippen LogP contribution in [0.5, 0.6) is 0 Å². The summed E-state index contributed by atoms with van der Waals surface area (Å²) in [5.74, 6) is 6.86. The van der Waals surface area contributed by atoms with Crippen molar-refractivity contribution in [2.45, 2.75) is 189 Å². The standard InChI is InChI=1S/C90H112N14O10/c1-5-73(91-3)81(107)99-79-65(53-55-93-61-63-31-17-11-18-32-63)45-47-71-49-51-75(103(71)85(79)111)83(109)101-89(67-35-21-13-22-36-67,68-37-23-14-24-38-68)87(113)97-59-57-95-77(105)43-29-9-7-8-10-30-44-78(106)96-58-60-98-88(114)90(69-39-25-15-26-40-69,70-41-27-16-28-42-70)102-84(110)76-52-50-72-48-46-66(54-56-94-62-64-33-19-12-20-34-64)80(86(112)104(72)76)100-82(108)74(6-2)92-4/h11-28,31-42,65-66,71-76,79-80,91-94H,5-6,29-30,43-62H2,1-4H3,(H,95,105)(H,96,106)(H,97,113)(H,98,114)(H,99,107)(H,100,108)(H,101,109)(H,102,110)/t65-,66-,71+,72+,73+,74+,75+,76+,79+,80+/m1/s1. The zero-order valence-corrected chi connectivity index (χ0v) is 66.0. The summed E-state index contributed by atoms with van der Waals surface area (Å²) in [6.45, 7) is 6.43. The largest absolute Gasteiger partial charge is 0.354 e. The lowest BCUT2D eigenvalue weighted by Crippen LogP contribution is -2.62. The predicted octanol–water partition coefficient (Wildman–Crippen LogP) is 6.00. The first-order valence-corrected chi connectivity index (χ1v) is 40.6. The molecule has 4 heterocycles. The second-order valence-electron chi connectivity index (χ2n) is 29.8. The number of carbonyl (C=O) groups excluding carboxylic acids is 10. The second-order valence-corrected chi connectivity index (χ2v) is 29.8. The van der Waals surface area contributed by atoms with E-state index >= 15 is 28.8 Å². The van der Waals surface area contributed by atoms with Gasteiger partial charge in [-0.3, -0.25) is 47.9 Å². The van der Waals surface area contributed by atoms with E-state index in [1.807, 2.05) is 98.8 Å². The number of amides is 10. The zero-order valence-electron chi connectivity index (χ0n) is 66.0. The summed E-state index contributed by atoms with van der Waals surface area (Å²) in [6.07, 6.45) is 7.13. The summed E-state index contributed by atoms with van der Waals surface area (Å²) in [5, 5.41) is 37.4. The number of carbonyl (C=O) groups is 10. The van der Waals surface area contributed by atoms with Gasteiger partial charge in [-0.2, -0.15) is 0 Å². The number of likely N-dealkylation sites (N-methyl/N-ethyl adjacent to an activating group) is 2. The first-order chi connectivity index (χ1) is 55.5. The molecule has 602 valence electrons. The second kappa shape index (κ2) is 43.3. The molecule has 6 aromatic carbocycles. The number of benzene rings is 6. The number of hydrogen-bond donors (Lipinski definition) is 12. The minimum atomic E-state index is -1.78. The van der Waals surface area contributed by atoms with Crippen LogP contribution in [0.15, 0.2) is 182 Å². The molecule has 10 rings (SSSR count). The molecule has 12 N–H and O–H groups in total. The van der Waals surface area contributed by atoms with Crippen LogP contribution in [-0.2, 0) is 72.1 Å². The van der Waals surface area contributed by atoms with Gasteiger partial charge in [0.2, 0.25) is 47.3 Å². The van der Waals surface area contributed by atoms with E-state index in [1.54, 1.807) is 121 Å². The topological polar surface area (TPSA) is 322 Å². The average Bonchev–Trinajstić information content (AvgIpc) is 1.64. The maximum atomic E-state index is 15.2. The fourth-order valence-electron chi connectivity index (χ4n) is 16.5. The van der Waals surface area contributed by atoms with E-state index in [-0.39, 0.29) is 111 Å². The Labute approximate surface area is 670 Å². The smallest absolute Gasteiger partial charge is 0.255 e. The molecule has 4 aliphatic heterocycles. The van der Waals surface area contributed by atoms with Crippen LogP contribution in [-0.4, -0.2) is 171 Å². The summed E-state index contributed by atoms with van der Waals surface area (Å²) in [7, 11) is 3.43. The molecule has 4 saturated heterocycles. The Morgan fingerprint density at radius 2 is 0.728 bits per heavy atom. The van der Waals surface area contributed by atoms with Crippen LogP contribution < -0.4 is 63.8 Å². The Balaban J connectivity index is 0.702. The molecule has 24 nitrogen and oxygen atoms in total. The highest BCUT2D eigenvalue weighted by atomic mass is 16.2. The molecule has 0 spiro atoms. The number of nitrogens with zero attached hydrogens (tertiary/aromatic N) is 2. The van der Waals surface area contributed by atoms with Crippen LogP contribution >= 0.6 is 0 Å². The van der Waals surface area contributed by atoms with Crippen LogP contribution in [0.2, 0.25) is 0 Å². The Hall–Kier alpha value is -11.0. The van der Waals surface area contributed by atoms with Gasteiger partial charge in [-0.1, -0.05) is 208 Å². The van der Waals surface area contributed by atoms with Gasteiger partial charge in [0.05, 0.1) is 12.1 Å². The summed E-state index contributed by atoms with van der Waals surface area (Å²) < 4.78 is 0. The first kappa shape index (κ1) is 85.4. The first-order valence-electron chi connectivity index (χ1n) is 40.6. The maximum Gasteiger partial charge on any atom is 0.255 e. The van der Waals surface area contributed by atoms with E-state index in [4.69, 9.17) is 0 Å². The molecule has 6 aromatic rings. The molecule has 24 heteroatoms. The van der Waals surface area contributed by atoms with Crippen molar-refractivity contribution in [2.75, 3.05) is 53.4 Å². The fraction of sp³-hybridized carbons (Fsp3) is 0.444. The van der Waals surface area contributed by atoms with Crippen molar-refractivity contribution in [2.24, 2.45) is 11.8 Å². The Kier molecular flexibility index (Phi) is 32.4. The molecule has 0 bridgehead atoms. The minimum Gasteiger partial charge on any atom is -0.354 e. The number of fused-ring (bicyclic) bond motifs is 2. The third-order valence-electron chi connectivity index (χ3n) is 22.6. The fourth-order valence-corrected chi connectivity index (χ4v) is 16.5. The van der Waals surface area contributed by atoms with Crippen molar-refractivity contribution in [3.8, 4) is 23.7 Å². The normalized spacial score (nSPS) is 19.7. The molecule has 0 unspecified atom stereocenters. The molecule has 0 aliphatic carbocycles. The lowest BCUT2D eigenvalue weighted by atomic mass is 9.81. The average molecular weight is 1550 g/mol. The van der Waals surface area contributed by atoms with E-state index in [9.17, 15) is 19.2 Å². The number of rotatable bonds is 38. The van der Waals surface area contributed by atoms with Gasteiger partial charge in [-0.05, 0) is 161 Å². The van der Waals surface area contributed by atoms with E-state index in [2.05, 4.69) is 87.5 Å². The molecule has 10 atom stereocenters.